The molecule has 3 atom stereocenters. The lowest BCUT2D eigenvalue weighted by Gasteiger charge is -2.17. The third-order valence-electron chi connectivity index (χ3n) is 5.43. The third kappa shape index (κ3) is 3.06. The van der Waals surface area contributed by atoms with Crippen LogP contribution in [0.3, 0.4) is 0 Å². The van der Waals surface area contributed by atoms with Gasteiger partial charge in [0.05, 0.1) is 6.61 Å². The smallest absolute Gasteiger partial charge is 0.407 e. The number of ether oxygens (including phenoxy) is 2. The van der Waals surface area contributed by atoms with Gasteiger partial charge in [-0.3, -0.25) is 0 Å². The van der Waals surface area contributed by atoms with Gasteiger partial charge in [0.15, 0.2) is 0 Å². The van der Waals surface area contributed by atoms with Crippen molar-refractivity contribution in [3.05, 3.63) is 59.7 Å². The summed E-state index contributed by atoms with van der Waals surface area (Å²) in [6, 6.07) is 15.4. The van der Waals surface area contributed by atoms with Crippen LogP contribution in [-0.4, -0.2) is 42.5 Å². The van der Waals surface area contributed by atoms with Crippen LogP contribution >= 0.6 is 0 Å². The SMILES string of the molecule is C[C@H]1[C@H](CO)OC(=O)[C@H]1NC(=O)OCC1c2ccccc2-c2ccccc21. The Kier molecular flexibility index (Phi) is 4.58. The quantitative estimate of drug-likeness (QED) is 0.811. The van der Waals surface area contributed by atoms with Crippen LogP contribution in [0.4, 0.5) is 4.79 Å². The van der Waals surface area contributed by atoms with Crippen molar-refractivity contribution in [2.75, 3.05) is 13.2 Å². The van der Waals surface area contributed by atoms with Crippen molar-refractivity contribution < 1.29 is 24.2 Å². The van der Waals surface area contributed by atoms with Gasteiger partial charge in [-0.2, -0.15) is 0 Å². The summed E-state index contributed by atoms with van der Waals surface area (Å²) in [5.41, 5.74) is 4.56. The molecule has 0 spiro atoms. The molecule has 1 heterocycles. The van der Waals surface area contributed by atoms with Crippen LogP contribution in [0.1, 0.15) is 24.0 Å². The van der Waals surface area contributed by atoms with E-state index in [9.17, 15) is 14.7 Å². The summed E-state index contributed by atoms with van der Waals surface area (Å²) in [6.07, 6.45) is -1.26. The van der Waals surface area contributed by atoms with Gasteiger partial charge in [-0.25, -0.2) is 9.59 Å². The Bertz CT molecular complexity index is 835. The molecular weight excluding hydrogens is 346 g/mol. The van der Waals surface area contributed by atoms with Gasteiger partial charge in [0.2, 0.25) is 0 Å². The predicted octanol–water partition coefficient (Wildman–Crippen LogP) is 2.45. The summed E-state index contributed by atoms with van der Waals surface area (Å²) in [5, 5.41) is 11.8. The minimum Gasteiger partial charge on any atom is -0.458 e. The van der Waals surface area contributed by atoms with Crippen molar-refractivity contribution in [2.45, 2.75) is 25.0 Å². The first-order chi connectivity index (χ1) is 13.1. The van der Waals surface area contributed by atoms with E-state index in [1.807, 2.05) is 36.4 Å². The minimum absolute atomic E-state index is 0.0405. The fourth-order valence-corrected chi connectivity index (χ4v) is 3.92. The number of hydrogen-bond acceptors (Lipinski definition) is 5. The van der Waals surface area contributed by atoms with E-state index < -0.39 is 24.2 Å². The molecule has 4 rings (SSSR count). The third-order valence-corrected chi connectivity index (χ3v) is 5.43. The Morgan fingerprint density at radius 2 is 1.70 bits per heavy atom. The molecule has 0 bridgehead atoms. The molecule has 1 saturated heterocycles. The molecule has 6 heteroatoms. The van der Waals surface area contributed by atoms with E-state index >= 15 is 0 Å². The van der Waals surface area contributed by atoms with E-state index in [1.54, 1.807) is 6.92 Å². The van der Waals surface area contributed by atoms with Crippen LogP contribution in [0.15, 0.2) is 48.5 Å². The Morgan fingerprint density at radius 1 is 1.11 bits per heavy atom. The molecule has 0 saturated carbocycles. The molecule has 2 aromatic rings. The van der Waals surface area contributed by atoms with Gasteiger partial charge in [-0.1, -0.05) is 55.5 Å². The van der Waals surface area contributed by atoms with Crippen molar-refractivity contribution >= 4 is 12.1 Å². The van der Waals surface area contributed by atoms with Gasteiger partial charge in [-0.15, -0.1) is 0 Å². The van der Waals surface area contributed by atoms with E-state index in [2.05, 4.69) is 17.4 Å². The molecule has 1 amide bonds. The number of aliphatic hydroxyl groups excluding tert-OH is 1. The first kappa shape index (κ1) is 17.5. The predicted molar refractivity (Wildman–Crippen MR) is 98.1 cm³/mol. The molecule has 2 N–H and O–H groups in total. The maximum absolute atomic E-state index is 12.3. The number of nitrogens with one attached hydrogen (secondary N) is 1. The molecule has 0 aromatic heterocycles. The van der Waals surface area contributed by atoms with E-state index in [0.717, 1.165) is 22.3 Å². The second-order valence-corrected chi connectivity index (χ2v) is 6.96. The number of benzene rings is 2. The highest BCUT2D eigenvalue weighted by Gasteiger charge is 2.42. The largest absolute Gasteiger partial charge is 0.458 e. The number of rotatable bonds is 4. The average Bonchev–Trinajstić information content (AvgIpc) is 3.15. The zero-order valence-corrected chi connectivity index (χ0v) is 14.9. The molecule has 1 fully saturated rings. The number of carbonyl (C=O) groups is 2. The second-order valence-electron chi connectivity index (χ2n) is 6.96. The molecular formula is C21H21NO5. The number of cyclic esters (lactones) is 1. The fourth-order valence-electron chi connectivity index (χ4n) is 3.92. The summed E-state index contributed by atoms with van der Waals surface area (Å²) >= 11 is 0. The highest BCUT2D eigenvalue weighted by molar-refractivity contribution is 5.83. The van der Waals surface area contributed by atoms with Crippen molar-refractivity contribution in [1.29, 1.82) is 0 Å². The summed E-state index contributed by atoms with van der Waals surface area (Å²) in [5.74, 6) is -0.903. The number of aliphatic hydroxyl groups is 1. The zero-order valence-electron chi connectivity index (χ0n) is 14.9. The Labute approximate surface area is 157 Å². The topological polar surface area (TPSA) is 84.9 Å². The van der Waals surface area contributed by atoms with Gasteiger partial charge in [0.25, 0.3) is 0 Å². The molecule has 27 heavy (non-hydrogen) atoms. The lowest BCUT2D eigenvalue weighted by atomic mass is 9.98. The number of fused-ring (bicyclic) bond motifs is 3. The highest BCUT2D eigenvalue weighted by atomic mass is 16.6. The van der Waals surface area contributed by atoms with E-state index in [-0.39, 0.29) is 25.0 Å². The van der Waals surface area contributed by atoms with Crippen LogP contribution in [0.2, 0.25) is 0 Å². The number of amides is 1. The van der Waals surface area contributed by atoms with Crippen molar-refractivity contribution in [3.8, 4) is 11.1 Å². The molecule has 1 aliphatic heterocycles. The van der Waals surface area contributed by atoms with Gasteiger partial charge in [0, 0.05) is 11.8 Å². The van der Waals surface area contributed by atoms with Crippen LogP contribution in [-0.2, 0) is 14.3 Å². The van der Waals surface area contributed by atoms with Crippen molar-refractivity contribution in [3.63, 3.8) is 0 Å². The second kappa shape index (κ2) is 7.04. The number of esters is 1. The Morgan fingerprint density at radius 3 is 2.26 bits per heavy atom. The molecule has 6 nitrogen and oxygen atoms in total. The number of hydrogen-bond donors (Lipinski definition) is 2. The van der Waals surface area contributed by atoms with Crippen LogP contribution < -0.4 is 5.32 Å². The Hall–Kier alpha value is -2.86. The Balaban J connectivity index is 1.45. The van der Waals surface area contributed by atoms with Crippen LogP contribution in [0.5, 0.6) is 0 Å². The summed E-state index contributed by atoms with van der Waals surface area (Å²) < 4.78 is 10.5. The van der Waals surface area contributed by atoms with Gasteiger partial charge in [0.1, 0.15) is 18.8 Å². The first-order valence-electron chi connectivity index (χ1n) is 9.03. The van der Waals surface area contributed by atoms with Gasteiger partial charge in [-0.05, 0) is 22.3 Å². The summed E-state index contributed by atoms with van der Waals surface area (Å²) in [4.78, 5) is 24.1. The fraction of sp³-hybridized carbons (Fsp3) is 0.333. The summed E-state index contributed by atoms with van der Waals surface area (Å²) in [7, 11) is 0. The van der Waals surface area contributed by atoms with Crippen molar-refractivity contribution in [1.82, 2.24) is 5.32 Å². The molecule has 140 valence electrons. The minimum atomic E-state index is -0.808. The lowest BCUT2D eigenvalue weighted by molar-refractivity contribution is -0.144. The molecule has 0 unspecified atom stereocenters. The zero-order chi connectivity index (χ0) is 19.0. The number of alkyl carbamates (subject to hydrolysis) is 1. The average molecular weight is 367 g/mol. The van der Waals surface area contributed by atoms with Crippen LogP contribution in [0.25, 0.3) is 11.1 Å². The number of carbonyl (C=O) groups excluding carboxylic acids is 2. The maximum Gasteiger partial charge on any atom is 0.407 e. The molecule has 1 aliphatic carbocycles. The van der Waals surface area contributed by atoms with Crippen LogP contribution in [0, 0.1) is 5.92 Å². The monoisotopic (exact) mass is 367 g/mol. The first-order valence-corrected chi connectivity index (χ1v) is 9.03. The van der Waals surface area contributed by atoms with E-state index in [1.165, 1.54) is 0 Å². The highest BCUT2D eigenvalue weighted by Crippen LogP contribution is 2.44. The standard InChI is InChI=1S/C21H21NO5/c1-12-18(10-23)27-20(24)19(12)22-21(25)26-11-17-15-8-4-2-6-13(15)14-7-3-5-9-16(14)17/h2-9,12,17-19,23H,10-11H2,1H3,(H,22,25)/t12-,18-,19-/m0/s1. The lowest BCUT2D eigenvalue weighted by Crippen LogP contribution is -2.43. The summed E-state index contributed by atoms with van der Waals surface area (Å²) in [6.45, 7) is 1.66. The maximum atomic E-state index is 12.3. The van der Waals surface area contributed by atoms with Crippen molar-refractivity contribution in [2.24, 2.45) is 5.92 Å². The van der Waals surface area contributed by atoms with E-state index in [4.69, 9.17) is 9.47 Å². The molecule has 0 radical (unpaired) electrons. The van der Waals surface area contributed by atoms with Gasteiger partial charge >= 0.3 is 12.1 Å². The van der Waals surface area contributed by atoms with E-state index in [0.29, 0.717) is 0 Å². The normalized spacial score (nSPS) is 23.5. The molecule has 2 aromatic carbocycles. The molecule has 2 aliphatic rings. The van der Waals surface area contributed by atoms with Gasteiger partial charge < -0.3 is 19.9 Å².